The van der Waals surface area contributed by atoms with E-state index in [0.717, 1.165) is 24.3 Å². The van der Waals surface area contributed by atoms with Gasteiger partial charge in [0.15, 0.2) is 0 Å². The summed E-state index contributed by atoms with van der Waals surface area (Å²) >= 11 is 0. The molecule has 2 N–H and O–H groups in total. The van der Waals surface area contributed by atoms with E-state index in [9.17, 15) is 4.79 Å². The summed E-state index contributed by atoms with van der Waals surface area (Å²) in [5.41, 5.74) is 2.75. The third kappa shape index (κ3) is 3.70. The Morgan fingerprint density at radius 2 is 2.32 bits per heavy atom. The Morgan fingerprint density at radius 1 is 1.47 bits per heavy atom. The smallest absolute Gasteiger partial charge is 0.337 e. The summed E-state index contributed by atoms with van der Waals surface area (Å²) < 4.78 is 4.72. The summed E-state index contributed by atoms with van der Waals surface area (Å²) in [5.74, 6) is -0.288. The molecule has 1 heterocycles. The molecule has 0 saturated carbocycles. The molecule has 0 radical (unpaired) electrons. The van der Waals surface area contributed by atoms with E-state index in [4.69, 9.17) is 4.74 Å². The van der Waals surface area contributed by atoms with Gasteiger partial charge in [-0.1, -0.05) is 6.42 Å². The molecule has 19 heavy (non-hydrogen) atoms. The average molecular weight is 262 g/mol. The molecule has 1 aliphatic heterocycles. The van der Waals surface area contributed by atoms with Crippen LogP contribution in [0.5, 0.6) is 0 Å². The van der Waals surface area contributed by atoms with Crippen molar-refractivity contribution in [3.05, 3.63) is 29.3 Å². The molecule has 0 spiro atoms. The number of esters is 1. The first-order valence-electron chi connectivity index (χ1n) is 6.87. The Kier molecular flexibility index (Phi) is 4.80. The van der Waals surface area contributed by atoms with Crippen molar-refractivity contribution < 1.29 is 9.53 Å². The molecule has 2 rings (SSSR count). The van der Waals surface area contributed by atoms with E-state index in [1.807, 2.05) is 19.1 Å². The SMILES string of the molecule is COC(=O)c1ccc(NCC2CCCCN2)c(C)c1. The first kappa shape index (κ1) is 13.9. The molecule has 1 atom stereocenters. The fourth-order valence-electron chi connectivity index (χ4n) is 2.44. The monoisotopic (exact) mass is 262 g/mol. The van der Waals surface area contributed by atoms with E-state index >= 15 is 0 Å². The van der Waals surface area contributed by atoms with Crippen molar-refractivity contribution in [2.75, 3.05) is 25.5 Å². The molecule has 4 heteroatoms. The van der Waals surface area contributed by atoms with E-state index in [2.05, 4.69) is 10.6 Å². The van der Waals surface area contributed by atoms with Crippen molar-refractivity contribution in [2.45, 2.75) is 32.2 Å². The zero-order valence-corrected chi connectivity index (χ0v) is 11.7. The molecule has 1 fully saturated rings. The highest BCUT2D eigenvalue weighted by molar-refractivity contribution is 5.90. The van der Waals surface area contributed by atoms with Crippen molar-refractivity contribution in [1.82, 2.24) is 5.32 Å². The van der Waals surface area contributed by atoms with Crippen LogP contribution in [0, 0.1) is 6.92 Å². The van der Waals surface area contributed by atoms with Gasteiger partial charge in [0.05, 0.1) is 12.7 Å². The number of benzene rings is 1. The van der Waals surface area contributed by atoms with Gasteiger partial charge >= 0.3 is 5.97 Å². The van der Waals surface area contributed by atoms with Crippen molar-refractivity contribution >= 4 is 11.7 Å². The third-order valence-corrected chi connectivity index (χ3v) is 3.60. The van der Waals surface area contributed by atoms with E-state index < -0.39 is 0 Å². The van der Waals surface area contributed by atoms with E-state index in [-0.39, 0.29) is 5.97 Å². The van der Waals surface area contributed by atoms with Crippen LogP contribution >= 0.6 is 0 Å². The van der Waals surface area contributed by atoms with E-state index in [1.54, 1.807) is 6.07 Å². The Balaban J connectivity index is 1.95. The Bertz CT molecular complexity index is 440. The number of rotatable bonds is 4. The number of anilines is 1. The second kappa shape index (κ2) is 6.57. The van der Waals surface area contributed by atoms with E-state index in [0.29, 0.717) is 11.6 Å². The van der Waals surface area contributed by atoms with Crippen molar-refractivity contribution in [1.29, 1.82) is 0 Å². The second-order valence-corrected chi connectivity index (χ2v) is 5.05. The molecule has 104 valence electrons. The number of ether oxygens (including phenoxy) is 1. The lowest BCUT2D eigenvalue weighted by Crippen LogP contribution is -2.39. The summed E-state index contributed by atoms with van der Waals surface area (Å²) in [6, 6.07) is 6.16. The second-order valence-electron chi connectivity index (χ2n) is 5.05. The first-order valence-corrected chi connectivity index (χ1v) is 6.87. The first-order chi connectivity index (χ1) is 9.20. The minimum Gasteiger partial charge on any atom is -0.465 e. The van der Waals surface area contributed by atoms with Gasteiger partial charge in [0.2, 0.25) is 0 Å². The summed E-state index contributed by atoms with van der Waals surface area (Å²) in [4.78, 5) is 11.4. The van der Waals surface area contributed by atoms with Crippen LogP contribution in [0.3, 0.4) is 0 Å². The number of nitrogens with one attached hydrogen (secondary N) is 2. The van der Waals surface area contributed by atoms with Crippen molar-refractivity contribution in [2.24, 2.45) is 0 Å². The number of carbonyl (C=O) groups excluding carboxylic acids is 1. The quantitative estimate of drug-likeness (QED) is 0.818. The molecule has 0 bridgehead atoms. The number of methoxy groups -OCH3 is 1. The number of carbonyl (C=O) groups is 1. The minimum atomic E-state index is -0.288. The number of hydrogen-bond donors (Lipinski definition) is 2. The van der Waals surface area contributed by atoms with Crippen LogP contribution in [0.1, 0.15) is 35.2 Å². The highest BCUT2D eigenvalue weighted by Crippen LogP contribution is 2.18. The van der Waals surface area contributed by atoms with Gasteiger partial charge in [0, 0.05) is 18.3 Å². The highest BCUT2D eigenvalue weighted by atomic mass is 16.5. The molecule has 1 aliphatic rings. The molecule has 0 amide bonds. The maximum absolute atomic E-state index is 11.4. The largest absolute Gasteiger partial charge is 0.465 e. The summed E-state index contributed by atoms with van der Waals surface area (Å²) in [5, 5.41) is 6.96. The molecule has 0 aromatic heterocycles. The molecule has 4 nitrogen and oxygen atoms in total. The van der Waals surface area contributed by atoms with Gasteiger partial charge in [0.25, 0.3) is 0 Å². The molecule has 1 aromatic carbocycles. The molecule has 0 aliphatic carbocycles. The predicted molar refractivity (Wildman–Crippen MR) is 76.6 cm³/mol. The molecular formula is C15H22N2O2. The van der Waals surface area contributed by atoms with E-state index in [1.165, 1.54) is 26.4 Å². The lowest BCUT2D eigenvalue weighted by molar-refractivity contribution is 0.0600. The van der Waals surface area contributed by atoms with Crippen LogP contribution in [0.4, 0.5) is 5.69 Å². The lowest BCUT2D eigenvalue weighted by atomic mass is 10.0. The van der Waals surface area contributed by atoms with Crippen LogP contribution < -0.4 is 10.6 Å². The van der Waals surface area contributed by atoms with Crippen LogP contribution in [-0.2, 0) is 4.74 Å². The van der Waals surface area contributed by atoms with Gasteiger partial charge in [0.1, 0.15) is 0 Å². The standard InChI is InChI=1S/C15H22N2O2/c1-11-9-12(15(18)19-2)6-7-14(11)17-10-13-5-3-4-8-16-13/h6-7,9,13,16-17H,3-5,8,10H2,1-2H3. The minimum absolute atomic E-state index is 0.288. The molecule has 1 unspecified atom stereocenters. The van der Waals surface area contributed by atoms with Gasteiger partial charge in [-0.05, 0) is 50.1 Å². The Morgan fingerprint density at radius 3 is 2.95 bits per heavy atom. The zero-order chi connectivity index (χ0) is 13.7. The van der Waals surface area contributed by atoms with Crippen LogP contribution in [0.2, 0.25) is 0 Å². The summed E-state index contributed by atoms with van der Waals surface area (Å²) in [7, 11) is 1.40. The van der Waals surface area contributed by atoms with Gasteiger partial charge in [-0.25, -0.2) is 4.79 Å². The number of hydrogen-bond acceptors (Lipinski definition) is 4. The van der Waals surface area contributed by atoms with Crippen molar-refractivity contribution in [3.8, 4) is 0 Å². The highest BCUT2D eigenvalue weighted by Gasteiger charge is 2.13. The number of piperidine rings is 1. The predicted octanol–water partition coefficient (Wildman–Crippen LogP) is 2.34. The topological polar surface area (TPSA) is 50.4 Å². The van der Waals surface area contributed by atoms with Gasteiger partial charge in [-0.2, -0.15) is 0 Å². The number of aryl methyl sites for hydroxylation is 1. The normalized spacial score (nSPS) is 18.9. The average Bonchev–Trinajstić information content (AvgIpc) is 2.46. The van der Waals surface area contributed by atoms with Crippen molar-refractivity contribution in [3.63, 3.8) is 0 Å². The lowest BCUT2D eigenvalue weighted by Gasteiger charge is -2.24. The fourth-order valence-corrected chi connectivity index (χ4v) is 2.44. The zero-order valence-electron chi connectivity index (χ0n) is 11.7. The van der Waals surface area contributed by atoms with Crippen LogP contribution in [0.25, 0.3) is 0 Å². The van der Waals surface area contributed by atoms with Gasteiger partial charge in [-0.15, -0.1) is 0 Å². The van der Waals surface area contributed by atoms with Crippen LogP contribution in [-0.4, -0.2) is 32.2 Å². The maximum Gasteiger partial charge on any atom is 0.337 e. The van der Waals surface area contributed by atoms with Gasteiger partial charge < -0.3 is 15.4 Å². The fraction of sp³-hybridized carbons (Fsp3) is 0.533. The van der Waals surface area contributed by atoms with Crippen LogP contribution in [0.15, 0.2) is 18.2 Å². The Labute approximate surface area is 114 Å². The molecular weight excluding hydrogens is 240 g/mol. The third-order valence-electron chi connectivity index (χ3n) is 3.60. The Hall–Kier alpha value is -1.55. The summed E-state index contributed by atoms with van der Waals surface area (Å²) in [6.07, 6.45) is 3.81. The molecule has 1 aromatic rings. The summed E-state index contributed by atoms with van der Waals surface area (Å²) in [6.45, 7) is 4.05. The maximum atomic E-state index is 11.4. The molecule has 1 saturated heterocycles. The van der Waals surface area contributed by atoms with Gasteiger partial charge in [-0.3, -0.25) is 0 Å².